The molecule has 0 spiro atoms. The van der Waals surface area contributed by atoms with Crippen molar-refractivity contribution in [1.29, 1.82) is 5.26 Å². The van der Waals surface area contributed by atoms with E-state index >= 15 is 0 Å². The number of carbonyl (C=O) groups is 3. The van der Waals surface area contributed by atoms with Crippen molar-refractivity contribution in [2.24, 2.45) is 11.8 Å². The van der Waals surface area contributed by atoms with Crippen LogP contribution >= 0.6 is 11.3 Å². The second-order valence-electron chi connectivity index (χ2n) is 12.1. The van der Waals surface area contributed by atoms with Crippen molar-refractivity contribution in [1.82, 2.24) is 15.1 Å². The van der Waals surface area contributed by atoms with E-state index < -0.39 is 23.9 Å². The van der Waals surface area contributed by atoms with Crippen molar-refractivity contribution in [2.75, 3.05) is 26.2 Å². The summed E-state index contributed by atoms with van der Waals surface area (Å²) in [7, 11) is 0. The number of amides is 2. The van der Waals surface area contributed by atoms with E-state index in [-0.39, 0.29) is 29.3 Å². The predicted octanol–water partition coefficient (Wildman–Crippen LogP) is 5.38. The predicted molar refractivity (Wildman–Crippen MR) is 164 cm³/mol. The van der Waals surface area contributed by atoms with Gasteiger partial charge in [0.2, 0.25) is 17.6 Å². The number of likely N-dealkylation sites (tertiary alicyclic amines) is 1. The maximum atomic E-state index is 14.8. The summed E-state index contributed by atoms with van der Waals surface area (Å²) in [6.07, 6.45) is 4.61. The van der Waals surface area contributed by atoms with Crippen LogP contribution in [-0.2, 0) is 9.59 Å². The minimum Gasteiger partial charge on any atom is -0.458 e. The molecule has 1 N–H and O–H groups in total. The van der Waals surface area contributed by atoms with Gasteiger partial charge in [0.05, 0.1) is 23.6 Å². The highest BCUT2D eigenvalue weighted by molar-refractivity contribution is 7.10. The van der Waals surface area contributed by atoms with E-state index in [1.165, 1.54) is 0 Å². The van der Waals surface area contributed by atoms with Crippen molar-refractivity contribution in [3.8, 4) is 6.07 Å². The monoisotopic (exact) mass is 598 g/mol. The van der Waals surface area contributed by atoms with Gasteiger partial charge in [-0.3, -0.25) is 14.4 Å². The molecule has 1 aromatic carbocycles. The SMILES string of the molecule is Cc1ccc(C(=O)C2C(c3sccc3C)C(C(=O)N3CCNCC3)N(C(=O)C3CCCCC3)C2c2ccc(C#N)cc2)o1. The van der Waals surface area contributed by atoms with Crippen LogP contribution in [0.15, 0.2) is 52.3 Å². The van der Waals surface area contributed by atoms with E-state index in [4.69, 9.17) is 4.42 Å². The molecule has 1 aliphatic carbocycles. The molecule has 4 unspecified atom stereocenters. The summed E-state index contributed by atoms with van der Waals surface area (Å²) >= 11 is 1.54. The number of rotatable bonds is 6. The van der Waals surface area contributed by atoms with Crippen LogP contribution < -0.4 is 5.32 Å². The first kappa shape index (κ1) is 29.3. The number of furan rings is 1. The van der Waals surface area contributed by atoms with Gasteiger partial charge in [0, 0.05) is 42.9 Å². The van der Waals surface area contributed by atoms with E-state index in [9.17, 15) is 19.6 Å². The molecule has 3 fully saturated rings. The lowest BCUT2D eigenvalue weighted by Crippen LogP contribution is -2.55. The summed E-state index contributed by atoms with van der Waals surface area (Å²) in [5.74, 6) is -0.992. The molecule has 2 aliphatic heterocycles. The van der Waals surface area contributed by atoms with E-state index in [0.717, 1.165) is 48.1 Å². The Kier molecular flexibility index (Phi) is 8.51. The first-order valence-corrected chi connectivity index (χ1v) is 16.2. The Hall–Kier alpha value is -3.74. The number of hydrogen-bond acceptors (Lipinski definition) is 7. The van der Waals surface area contributed by atoms with Crippen LogP contribution in [0.2, 0.25) is 0 Å². The lowest BCUT2D eigenvalue weighted by atomic mass is 9.78. The number of aryl methyl sites for hydroxylation is 2. The number of nitrogens with one attached hydrogen (secondary N) is 1. The van der Waals surface area contributed by atoms with Crippen LogP contribution in [0.3, 0.4) is 0 Å². The second-order valence-corrected chi connectivity index (χ2v) is 13.0. The molecule has 8 nitrogen and oxygen atoms in total. The van der Waals surface area contributed by atoms with Gasteiger partial charge in [-0.1, -0.05) is 31.4 Å². The molecule has 0 radical (unpaired) electrons. The van der Waals surface area contributed by atoms with Crippen LogP contribution in [0, 0.1) is 37.0 Å². The maximum Gasteiger partial charge on any atom is 0.246 e. The van der Waals surface area contributed by atoms with Gasteiger partial charge in [-0.05, 0) is 73.5 Å². The minimum absolute atomic E-state index is 0.0484. The zero-order chi connectivity index (χ0) is 30.1. The van der Waals surface area contributed by atoms with Crippen LogP contribution in [0.1, 0.15) is 81.9 Å². The zero-order valence-electron chi connectivity index (χ0n) is 24.8. The van der Waals surface area contributed by atoms with Crippen molar-refractivity contribution >= 4 is 28.9 Å². The summed E-state index contributed by atoms with van der Waals surface area (Å²) in [5.41, 5.74) is 2.25. The second kappa shape index (κ2) is 12.5. The number of nitriles is 1. The summed E-state index contributed by atoms with van der Waals surface area (Å²) in [6, 6.07) is 13.3. The molecule has 2 saturated heterocycles. The average Bonchev–Trinajstić information content (AvgIpc) is 3.77. The summed E-state index contributed by atoms with van der Waals surface area (Å²) in [5, 5.41) is 14.8. The van der Waals surface area contributed by atoms with Gasteiger partial charge >= 0.3 is 0 Å². The molecule has 4 heterocycles. The summed E-state index contributed by atoms with van der Waals surface area (Å²) in [4.78, 5) is 48.8. The lowest BCUT2D eigenvalue weighted by molar-refractivity contribution is -0.149. The standard InChI is InChI=1S/C34H38N4O4S/c1-21-14-19-43-32(21)28-27(31(39)26-13-8-22(2)42-26)29(24-11-9-23(20-35)10-12-24)38(33(40)25-6-4-3-5-7-25)30(28)34(41)37-17-15-36-16-18-37/h8-14,19,25,27-30,36H,3-7,15-18H2,1-2H3. The van der Waals surface area contributed by atoms with Crippen molar-refractivity contribution < 1.29 is 18.8 Å². The molecule has 3 aliphatic rings. The van der Waals surface area contributed by atoms with Crippen molar-refractivity contribution in [3.05, 3.63) is 80.9 Å². The lowest BCUT2D eigenvalue weighted by Gasteiger charge is -2.38. The van der Waals surface area contributed by atoms with Crippen LogP contribution in [0.25, 0.3) is 0 Å². The molecule has 3 aromatic rings. The Morgan fingerprint density at radius 3 is 2.28 bits per heavy atom. The van der Waals surface area contributed by atoms with Crippen molar-refractivity contribution in [3.63, 3.8) is 0 Å². The molecule has 1 saturated carbocycles. The fraction of sp³-hybridized carbons (Fsp3) is 0.471. The molecular weight excluding hydrogens is 560 g/mol. The fourth-order valence-electron chi connectivity index (χ4n) is 7.28. The van der Waals surface area contributed by atoms with Gasteiger partial charge in [-0.2, -0.15) is 5.26 Å². The molecule has 224 valence electrons. The Morgan fingerprint density at radius 2 is 1.67 bits per heavy atom. The molecule has 2 amide bonds. The van der Waals surface area contributed by atoms with Crippen LogP contribution in [-0.4, -0.2) is 59.6 Å². The molecule has 4 atom stereocenters. The first-order valence-electron chi connectivity index (χ1n) is 15.4. The van der Waals surface area contributed by atoms with Crippen molar-refractivity contribution in [2.45, 2.75) is 64.0 Å². The number of benzene rings is 1. The molecule has 0 bridgehead atoms. The number of thiophene rings is 1. The Bertz CT molecular complexity index is 1520. The highest BCUT2D eigenvalue weighted by Crippen LogP contribution is 2.54. The maximum absolute atomic E-state index is 14.8. The van der Waals surface area contributed by atoms with Crippen LogP contribution in [0.5, 0.6) is 0 Å². The fourth-order valence-corrected chi connectivity index (χ4v) is 8.39. The van der Waals surface area contributed by atoms with Gasteiger partial charge in [0.15, 0.2) is 5.76 Å². The number of carbonyl (C=O) groups excluding carboxylic acids is 3. The number of nitrogens with zero attached hydrogens (tertiary/aromatic N) is 3. The molecule has 2 aromatic heterocycles. The van der Waals surface area contributed by atoms with Gasteiger partial charge < -0.3 is 19.5 Å². The van der Waals surface area contributed by atoms with Gasteiger partial charge in [0.25, 0.3) is 0 Å². The van der Waals surface area contributed by atoms with Gasteiger partial charge in [-0.25, -0.2) is 0 Å². The third-order valence-electron chi connectivity index (χ3n) is 9.43. The van der Waals surface area contributed by atoms with Gasteiger partial charge in [0.1, 0.15) is 11.8 Å². The third kappa shape index (κ3) is 5.54. The Balaban J connectivity index is 1.57. The first-order chi connectivity index (χ1) is 20.9. The Labute approximate surface area is 256 Å². The van der Waals surface area contributed by atoms with E-state index in [2.05, 4.69) is 11.4 Å². The minimum atomic E-state index is -0.837. The molecule has 43 heavy (non-hydrogen) atoms. The average molecular weight is 599 g/mol. The number of piperazine rings is 1. The van der Waals surface area contributed by atoms with E-state index in [0.29, 0.717) is 37.5 Å². The van der Waals surface area contributed by atoms with Gasteiger partial charge in [-0.15, -0.1) is 11.3 Å². The van der Waals surface area contributed by atoms with E-state index in [1.54, 1.807) is 47.4 Å². The molecule has 9 heteroatoms. The smallest absolute Gasteiger partial charge is 0.246 e. The molecular formula is C34H38N4O4S. The summed E-state index contributed by atoms with van der Waals surface area (Å²) in [6.45, 7) is 6.29. The van der Waals surface area contributed by atoms with E-state index in [1.807, 2.05) is 35.4 Å². The Morgan fingerprint density at radius 1 is 0.953 bits per heavy atom. The molecule has 6 rings (SSSR count). The zero-order valence-corrected chi connectivity index (χ0v) is 25.6. The highest BCUT2D eigenvalue weighted by Gasteiger charge is 2.59. The number of Topliss-reactive ketones (excluding diaryl/α,β-unsaturated/α-hetero) is 1. The highest BCUT2D eigenvalue weighted by atomic mass is 32.1. The quantitative estimate of drug-likeness (QED) is 0.382. The topological polar surface area (TPSA) is 107 Å². The number of ketones is 1. The number of hydrogen-bond donors (Lipinski definition) is 1. The normalized spacial score (nSPS) is 24.6. The largest absolute Gasteiger partial charge is 0.458 e. The van der Waals surface area contributed by atoms with Crippen LogP contribution in [0.4, 0.5) is 0 Å². The third-order valence-corrected chi connectivity index (χ3v) is 10.5. The summed E-state index contributed by atoms with van der Waals surface area (Å²) < 4.78 is 5.90.